The first kappa shape index (κ1) is 9.51. The Hall–Kier alpha value is -1.04. The SMILES string of the molecule is CC1=C(C2=C(C)C=CC2C)C(C)C=C1. The van der Waals surface area contributed by atoms with Gasteiger partial charge in [0.05, 0.1) is 0 Å². The van der Waals surface area contributed by atoms with E-state index in [9.17, 15) is 0 Å². The average molecular weight is 186 g/mol. The molecule has 0 radical (unpaired) electrons. The van der Waals surface area contributed by atoms with Crippen LogP contribution in [0.3, 0.4) is 0 Å². The lowest BCUT2D eigenvalue weighted by molar-refractivity contribution is 0.801. The highest BCUT2D eigenvalue weighted by atomic mass is 14.3. The molecule has 0 saturated heterocycles. The van der Waals surface area contributed by atoms with Crippen LogP contribution in [0.15, 0.2) is 46.6 Å². The van der Waals surface area contributed by atoms with Crippen molar-refractivity contribution in [3.63, 3.8) is 0 Å². The Balaban J connectivity index is 2.43. The zero-order valence-electron chi connectivity index (χ0n) is 9.46. The first-order valence-corrected chi connectivity index (χ1v) is 5.39. The molecule has 0 fully saturated rings. The summed E-state index contributed by atoms with van der Waals surface area (Å²) < 4.78 is 0. The number of hydrogen-bond donors (Lipinski definition) is 0. The van der Waals surface area contributed by atoms with Crippen LogP contribution in [-0.4, -0.2) is 0 Å². The fourth-order valence-electron chi connectivity index (χ4n) is 2.58. The van der Waals surface area contributed by atoms with Crippen molar-refractivity contribution in [2.45, 2.75) is 27.7 Å². The van der Waals surface area contributed by atoms with Crippen molar-refractivity contribution in [1.82, 2.24) is 0 Å². The molecule has 0 spiro atoms. The Labute approximate surface area is 86.7 Å². The molecule has 0 aromatic carbocycles. The first-order valence-electron chi connectivity index (χ1n) is 5.39. The summed E-state index contributed by atoms with van der Waals surface area (Å²) in [5.74, 6) is 1.20. The Morgan fingerprint density at radius 1 is 0.786 bits per heavy atom. The molecule has 0 heterocycles. The summed E-state index contributed by atoms with van der Waals surface area (Å²) >= 11 is 0. The van der Waals surface area contributed by atoms with Crippen molar-refractivity contribution >= 4 is 0 Å². The minimum absolute atomic E-state index is 0.599. The van der Waals surface area contributed by atoms with Crippen LogP contribution in [0, 0.1) is 11.8 Å². The van der Waals surface area contributed by atoms with E-state index in [4.69, 9.17) is 0 Å². The van der Waals surface area contributed by atoms with Gasteiger partial charge in [0.15, 0.2) is 0 Å². The molecule has 0 saturated carbocycles. The van der Waals surface area contributed by atoms with Crippen molar-refractivity contribution in [2.24, 2.45) is 11.8 Å². The molecule has 2 unspecified atom stereocenters. The monoisotopic (exact) mass is 186 g/mol. The summed E-state index contributed by atoms with van der Waals surface area (Å²) in [6.45, 7) is 9.02. The van der Waals surface area contributed by atoms with Crippen molar-refractivity contribution in [1.29, 1.82) is 0 Å². The molecule has 0 nitrogen and oxygen atoms in total. The maximum Gasteiger partial charge on any atom is -0.000155 e. The Bertz CT molecular complexity index is 337. The third-order valence-electron chi connectivity index (χ3n) is 3.32. The highest BCUT2D eigenvalue weighted by molar-refractivity contribution is 5.54. The van der Waals surface area contributed by atoms with E-state index in [0.29, 0.717) is 11.8 Å². The quantitative estimate of drug-likeness (QED) is 0.580. The maximum atomic E-state index is 2.30. The molecule has 0 aliphatic heterocycles. The van der Waals surface area contributed by atoms with E-state index in [-0.39, 0.29) is 0 Å². The van der Waals surface area contributed by atoms with Crippen LogP contribution < -0.4 is 0 Å². The Morgan fingerprint density at radius 2 is 1.14 bits per heavy atom. The molecule has 2 aliphatic carbocycles. The highest BCUT2D eigenvalue weighted by Gasteiger charge is 2.24. The smallest absolute Gasteiger partial charge is 0.000155 e. The lowest BCUT2D eigenvalue weighted by Crippen LogP contribution is -2.04. The standard InChI is InChI=1S/C14H18/c1-9-5-6-10(2)13(9)14-11(3)7-8-12(14)4/h5-9,11H,1-4H3. The number of hydrogen-bond acceptors (Lipinski definition) is 0. The van der Waals surface area contributed by atoms with Crippen LogP contribution in [0.4, 0.5) is 0 Å². The molecule has 0 heteroatoms. The summed E-state index contributed by atoms with van der Waals surface area (Å²) in [5.41, 5.74) is 6.00. The molecule has 74 valence electrons. The summed E-state index contributed by atoms with van der Waals surface area (Å²) in [6, 6.07) is 0. The second-order valence-electron chi connectivity index (χ2n) is 4.49. The van der Waals surface area contributed by atoms with Gasteiger partial charge < -0.3 is 0 Å². The van der Waals surface area contributed by atoms with E-state index in [0.717, 1.165) is 0 Å². The van der Waals surface area contributed by atoms with Crippen LogP contribution in [0.5, 0.6) is 0 Å². The number of allylic oxidation sites excluding steroid dienone is 8. The topological polar surface area (TPSA) is 0 Å². The third-order valence-corrected chi connectivity index (χ3v) is 3.32. The van der Waals surface area contributed by atoms with Gasteiger partial charge in [0.25, 0.3) is 0 Å². The van der Waals surface area contributed by atoms with Crippen molar-refractivity contribution in [3.05, 3.63) is 46.6 Å². The molecule has 0 bridgehead atoms. The lowest BCUT2D eigenvalue weighted by atomic mass is 9.87. The largest absolute Gasteiger partial charge is 0.0770 e. The van der Waals surface area contributed by atoms with Crippen molar-refractivity contribution < 1.29 is 0 Å². The molecule has 0 amide bonds. The van der Waals surface area contributed by atoms with Crippen LogP contribution >= 0.6 is 0 Å². The van der Waals surface area contributed by atoms with Gasteiger partial charge in [-0.2, -0.15) is 0 Å². The Kier molecular flexibility index (Phi) is 2.22. The molecule has 2 aliphatic rings. The van der Waals surface area contributed by atoms with Gasteiger partial charge in [-0.05, 0) is 48.0 Å². The maximum absolute atomic E-state index is 2.30. The van der Waals surface area contributed by atoms with Crippen LogP contribution in [0.1, 0.15) is 27.7 Å². The van der Waals surface area contributed by atoms with Gasteiger partial charge in [0.1, 0.15) is 0 Å². The minimum atomic E-state index is 0.599. The van der Waals surface area contributed by atoms with Gasteiger partial charge in [-0.15, -0.1) is 0 Å². The van der Waals surface area contributed by atoms with Crippen LogP contribution in [0.25, 0.3) is 0 Å². The Morgan fingerprint density at radius 3 is 1.36 bits per heavy atom. The van der Waals surface area contributed by atoms with Crippen LogP contribution in [0.2, 0.25) is 0 Å². The summed E-state index contributed by atoms with van der Waals surface area (Å²) in [4.78, 5) is 0. The molecular weight excluding hydrogens is 168 g/mol. The second kappa shape index (κ2) is 3.27. The van der Waals surface area contributed by atoms with E-state index in [1.165, 1.54) is 11.1 Å². The minimum Gasteiger partial charge on any atom is -0.0770 e. The van der Waals surface area contributed by atoms with E-state index in [1.807, 2.05) is 0 Å². The summed E-state index contributed by atoms with van der Waals surface area (Å²) in [6.07, 6.45) is 9.11. The van der Waals surface area contributed by atoms with E-state index >= 15 is 0 Å². The molecule has 2 atom stereocenters. The van der Waals surface area contributed by atoms with Gasteiger partial charge in [-0.3, -0.25) is 0 Å². The second-order valence-corrected chi connectivity index (χ2v) is 4.49. The molecule has 14 heavy (non-hydrogen) atoms. The van der Waals surface area contributed by atoms with Gasteiger partial charge in [0, 0.05) is 0 Å². The van der Waals surface area contributed by atoms with Crippen molar-refractivity contribution in [2.75, 3.05) is 0 Å². The summed E-state index contributed by atoms with van der Waals surface area (Å²) in [7, 11) is 0. The van der Waals surface area contributed by atoms with E-state index in [1.54, 1.807) is 11.1 Å². The van der Waals surface area contributed by atoms with Gasteiger partial charge in [0.2, 0.25) is 0 Å². The van der Waals surface area contributed by atoms with Crippen molar-refractivity contribution in [3.8, 4) is 0 Å². The zero-order chi connectivity index (χ0) is 10.3. The lowest BCUT2D eigenvalue weighted by Gasteiger charge is -2.17. The summed E-state index contributed by atoms with van der Waals surface area (Å²) in [5, 5.41) is 0. The van der Waals surface area contributed by atoms with E-state index in [2.05, 4.69) is 52.0 Å². The first-order chi connectivity index (χ1) is 6.61. The fourth-order valence-corrected chi connectivity index (χ4v) is 2.58. The predicted molar refractivity (Wildman–Crippen MR) is 62.0 cm³/mol. The predicted octanol–water partition coefficient (Wildman–Crippen LogP) is 4.03. The van der Waals surface area contributed by atoms with Crippen LogP contribution in [-0.2, 0) is 0 Å². The average Bonchev–Trinajstić information content (AvgIpc) is 2.60. The number of rotatable bonds is 1. The molecule has 2 rings (SSSR count). The molecular formula is C14H18. The molecule has 0 aromatic rings. The fraction of sp³-hybridized carbons (Fsp3) is 0.429. The normalized spacial score (nSPS) is 31.1. The zero-order valence-corrected chi connectivity index (χ0v) is 9.46. The van der Waals surface area contributed by atoms with Gasteiger partial charge in [-0.25, -0.2) is 0 Å². The van der Waals surface area contributed by atoms with Gasteiger partial charge >= 0.3 is 0 Å². The highest BCUT2D eigenvalue weighted by Crippen LogP contribution is 2.39. The third kappa shape index (κ3) is 1.30. The van der Waals surface area contributed by atoms with Gasteiger partial charge in [-0.1, -0.05) is 38.2 Å². The van der Waals surface area contributed by atoms with E-state index < -0.39 is 0 Å². The molecule has 0 aromatic heterocycles. The molecule has 0 N–H and O–H groups in total.